The van der Waals surface area contributed by atoms with Gasteiger partial charge in [0.25, 0.3) is 5.91 Å². The average Bonchev–Trinajstić information content (AvgIpc) is 3.19. The van der Waals surface area contributed by atoms with Crippen LogP contribution < -0.4 is 5.32 Å². The Morgan fingerprint density at radius 2 is 2.29 bits per heavy atom. The summed E-state index contributed by atoms with van der Waals surface area (Å²) in [5.41, 5.74) is 0.220. The predicted octanol–water partition coefficient (Wildman–Crippen LogP) is 2.39. The van der Waals surface area contributed by atoms with Crippen LogP contribution >= 0.6 is 11.3 Å². The van der Waals surface area contributed by atoms with Crippen molar-refractivity contribution in [3.8, 4) is 10.6 Å². The zero-order valence-electron chi connectivity index (χ0n) is 11.1. The van der Waals surface area contributed by atoms with Gasteiger partial charge in [-0.1, -0.05) is 11.2 Å². The first-order chi connectivity index (χ1) is 10.1. The molecule has 0 bridgehead atoms. The van der Waals surface area contributed by atoms with Crippen molar-refractivity contribution in [3.63, 3.8) is 0 Å². The molecular weight excluding hydrogens is 292 g/mol. The lowest BCUT2D eigenvalue weighted by molar-refractivity contribution is -0.141. The number of nitrogens with zero attached hydrogens (tertiary/aromatic N) is 1. The van der Waals surface area contributed by atoms with Gasteiger partial charge in [0.15, 0.2) is 11.5 Å². The first-order valence-electron chi connectivity index (χ1n) is 6.68. The highest BCUT2D eigenvalue weighted by Crippen LogP contribution is 2.27. The highest BCUT2D eigenvalue weighted by atomic mass is 32.1. The molecule has 0 aliphatic heterocycles. The molecule has 1 aliphatic rings. The molecule has 2 atom stereocenters. The second-order valence-electron chi connectivity index (χ2n) is 5.07. The highest BCUT2D eigenvalue weighted by Gasteiger charge is 2.31. The highest BCUT2D eigenvalue weighted by molar-refractivity contribution is 7.13. The van der Waals surface area contributed by atoms with E-state index in [1.54, 1.807) is 6.07 Å². The molecule has 7 heteroatoms. The topological polar surface area (TPSA) is 92.4 Å². The van der Waals surface area contributed by atoms with Gasteiger partial charge in [-0.25, -0.2) is 0 Å². The van der Waals surface area contributed by atoms with Crippen LogP contribution in [0.4, 0.5) is 0 Å². The fourth-order valence-corrected chi connectivity index (χ4v) is 3.19. The molecule has 2 aromatic heterocycles. The van der Waals surface area contributed by atoms with Crippen LogP contribution in [0.2, 0.25) is 0 Å². The maximum absolute atomic E-state index is 12.1. The summed E-state index contributed by atoms with van der Waals surface area (Å²) in [4.78, 5) is 23.9. The zero-order chi connectivity index (χ0) is 14.8. The molecule has 21 heavy (non-hydrogen) atoms. The van der Waals surface area contributed by atoms with Crippen LogP contribution in [0.1, 0.15) is 29.8 Å². The van der Waals surface area contributed by atoms with Crippen LogP contribution in [0.5, 0.6) is 0 Å². The van der Waals surface area contributed by atoms with Gasteiger partial charge in [0.05, 0.1) is 10.8 Å². The Hall–Kier alpha value is -2.15. The molecule has 0 radical (unpaired) electrons. The van der Waals surface area contributed by atoms with Crippen molar-refractivity contribution in [1.29, 1.82) is 0 Å². The molecule has 0 spiro atoms. The van der Waals surface area contributed by atoms with Crippen molar-refractivity contribution in [2.45, 2.75) is 25.3 Å². The van der Waals surface area contributed by atoms with Gasteiger partial charge in [0, 0.05) is 12.1 Å². The summed E-state index contributed by atoms with van der Waals surface area (Å²) < 4.78 is 5.16. The van der Waals surface area contributed by atoms with E-state index < -0.39 is 5.97 Å². The number of carbonyl (C=O) groups excluding carboxylic acids is 1. The molecule has 6 nitrogen and oxygen atoms in total. The number of thiophene rings is 1. The lowest BCUT2D eigenvalue weighted by atomic mass is 10.1. The number of hydrogen-bond donors (Lipinski definition) is 2. The molecule has 2 aromatic rings. The van der Waals surface area contributed by atoms with Gasteiger partial charge in [0.1, 0.15) is 0 Å². The van der Waals surface area contributed by atoms with E-state index in [1.807, 2.05) is 17.5 Å². The standard InChI is InChI=1S/C14H14N2O4S/c17-13(15-9-4-3-8(6-9)14(18)19)10-7-11(20-16-10)12-2-1-5-21-12/h1-2,5,7-9H,3-4,6H2,(H,15,17)(H,18,19). The van der Waals surface area contributed by atoms with Gasteiger partial charge in [0.2, 0.25) is 0 Å². The quantitative estimate of drug-likeness (QED) is 0.904. The smallest absolute Gasteiger partial charge is 0.306 e. The van der Waals surface area contributed by atoms with Crippen LogP contribution in [0.3, 0.4) is 0 Å². The molecule has 110 valence electrons. The normalized spacial score (nSPS) is 21.3. The molecule has 1 saturated carbocycles. The number of aromatic nitrogens is 1. The minimum Gasteiger partial charge on any atom is -0.481 e. The van der Waals surface area contributed by atoms with Crippen LogP contribution in [0.15, 0.2) is 28.1 Å². The largest absolute Gasteiger partial charge is 0.481 e. The molecule has 2 N–H and O–H groups in total. The summed E-state index contributed by atoms with van der Waals surface area (Å²) in [6, 6.07) is 5.28. The van der Waals surface area contributed by atoms with Crippen molar-refractivity contribution in [1.82, 2.24) is 10.5 Å². The first-order valence-corrected chi connectivity index (χ1v) is 7.55. The number of nitrogens with one attached hydrogen (secondary N) is 1. The van der Waals surface area contributed by atoms with E-state index in [0.717, 1.165) is 4.88 Å². The van der Waals surface area contributed by atoms with E-state index in [0.29, 0.717) is 25.0 Å². The number of hydrogen-bond acceptors (Lipinski definition) is 5. The summed E-state index contributed by atoms with van der Waals surface area (Å²) >= 11 is 1.51. The average molecular weight is 306 g/mol. The fraction of sp³-hybridized carbons (Fsp3) is 0.357. The lowest BCUT2D eigenvalue weighted by Gasteiger charge is -2.10. The summed E-state index contributed by atoms with van der Waals surface area (Å²) in [5, 5.41) is 17.5. The molecule has 1 fully saturated rings. The van der Waals surface area contributed by atoms with Gasteiger partial charge < -0.3 is 14.9 Å². The minimum absolute atomic E-state index is 0.111. The summed E-state index contributed by atoms with van der Waals surface area (Å²) in [5.74, 6) is -0.926. The molecule has 1 amide bonds. The third-order valence-corrected chi connectivity index (χ3v) is 4.51. The van der Waals surface area contributed by atoms with Gasteiger partial charge in [-0.15, -0.1) is 11.3 Å². The van der Waals surface area contributed by atoms with E-state index in [2.05, 4.69) is 10.5 Å². The molecule has 0 aromatic carbocycles. The van der Waals surface area contributed by atoms with E-state index in [1.165, 1.54) is 11.3 Å². The van der Waals surface area contributed by atoms with Crippen LogP contribution in [-0.4, -0.2) is 28.2 Å². The SMILES string of the molecule is O=C(NC1CCC(C(=O)O)C1)c1cc(-c2cccs2)on1. The van der Waals surface area contributed by atoms with Crippen molar-refractivity contribution in [2.75, 3.05) is 0 Å². The maximum atomic E-state index is 12.1. The second kappa shape index (κ2) is 5.69. The van der Waals surface area contributed by atoms with Gasteiger partial charge in [-0.2, -0.15) is 0 Å². The second-order valence-corrected chi connectivity index (χ2v) is 6.02. The number of carbonyl (C=O) groups is 2. The van der Waals surface area contributed by atoms with E-state index in [9.17, 15) is 9.59 Å². The fourth-order valence-electron chi connectivity index (χ4n) is 2.51. The Morgan fingerprint density at radius 3 is 2.95 bits per heavy atom. The van der Waals surface area contributed by atoms with E-state index in [-0.39, 0.29) is 23.6 Å². The molecule has 2 heterocycles. The monoisotopic (exact) mass is 306 g/mol. The molecule has 0 saturated heterocycles. The third kappa shape index (κ3) is 2.97. The van der Waals surface area contributed by atoms with Crippen molar-refractivity contribution in [3.05, 3.63) is 29.3 Å². The minimum atomic E-state index is -0.798. The lowest BCUT2D eigenvalue weighted by Crippen LogP contribution is -2.33. The summed E-state index contributed by atoms with van der Waals surface area (Å²) in [7, 11) is 0. The number of rotatable bonds is 4. The van der Waals surface area contributed by atoms with Crippen molar-refractivity contribution < 1.29 is 19.2 Å². The molecule has 2 unspecified atom stereocenters. The van der Waals surface area contributed by atoms with Crippen LogP contribution in [-0.2, 0) is 4.79 Å². The predicted molar refractivity (Wildman–Crippen MR) is 76.0 cm³/mol. The molecule has 3 rings (SSSR count). The summed E-state index contributed by atoms with van der Waals surface area (Å²) in [6.07, 6.45) is 1.74. The Kier molecular flexibility index (Phi) is 3.74. The van der Waals surface area contributed by atoms with E-state index >= 15 is 0 Å². The van der Waals surface area contributed by atoms with Crippen LogP contribution in [0, 0.1) is 5.92 Å². The Balaban J connectivity index is 1.63. The number of aliphatic carboxylic acids is 1. The number of carboxylic acid groups (broad SMARTS) is 1. The van der Waals surface area contributed by atoms with Gasteiger partial charge >= 0.3 is 5.97 Å². The summed E-state index contributed by atoms with van der Waals surface area (Å²) in [6.45, 7) is 0. The van der Waals surface area contributed by atoms with E-state index in [4.69, 9.17) is 9.63 Å². The number of amides is 1. The maximum Gasteiger partial charge on any atom is 0.306 e. The van der Waals surface area contributed by atoms with Crippen LogP contribution in [0.25, 0.3) is 10.6 Å². The van der Waals surface area contributed by atoms with Crippen molar-refractivity contribution >= 4 is 23.2 Å². The first kappa shape index (κ1) is 13.8. The number of carboxylic acids is 1. The molecule has 1 aliphatic carbocycles. The third-order valence-electron chi connectivity index (χ3n) is 3.62. The van der Waals surface area contributed by atoms with Crippen molar-refractivity contribution in [2.24, 2.45) is 5.92 Å². The Morgan fingerprint density at radius 1 is 1.43 bits per heavy atom. The van der Waals surface area contributed by atoms with Gasteiger partial charge in [-0.05, 0) is 30.7 Å². The zero-order valence-corrected chi connectivity index (χ0v) is 11.9. The Bertz CT molecular complexity index is 650. The van der Waals surface area contributed by atoms with Gasteiger partial charge in [-0.3, -0.25) is 9.59 Å². The molecular formula is C14H14N2O4S. The Labute approximate surface area is 124 Å².